The van der Waals surface area contributed by atoms with Gasteiger partial charge in [0.05, 0.1) is 10.0 Å². The third-order valence-corrected chi connectivity index (χ3v) is 4.20. The third kappa shape index (κ3) is 4.99. The molecule has 0 aliphatic heterocycles. The van der Waals surface area contributed by atoms with E-state index in [4.69, 9.17) is 23.2 Å². The summed E-state index contributed by atoms with van der Waals surface area (Å²) in [6.45, 7) is 3.16. The lowest BCUT2D eigenvalue weighted by Crippen LogP contribution is -2.22. The van der Waals surface area contributed by atoms with E-state index in [0.29, 0.717) is 10.0 Å². The van der Waals surface area contributed by atoms with Crippen LogP contribution in [0.5, 0.6) is 0 Å². The fourth-order valence-electron chi connectivity index (χ4n) is 2.29. The highest BCUT2D eigenvalue weighted by Gasteiger charge is 2.12. The molecule has 112 valence electrons. The molecule has 1 atom stereocenters. The van der Waals surface area contributed by atoms with Crippen LogP contribution < -0.4 is 5.32 Å². The lowest BCUT2D eigenvalue weighted by molar-refractivity contribution is 0.499. The molecule has 1 heterocycles. The number of rotatable bonds is 7. The first-order valence-corrected chi connectivity index (χ1v) is 8.03. The standard InChI is InChI=1S/C17H20Cl2N2/c1-2-9-21-17(6-3-13-7-10-20-11-8-13)14-4-5-15(18)16(19)12-14/h4-5,7-8,10-12,17,21H,2-3,6,9H2,1H3. The highest BCUT2D eigenvalue weighted by atomic mass is 35.5. The molecule has 0 saturated carbocycles. The lowest BCUT2D eigenvalue weighted by Gasteiger charge is -2.19. The van der Waals surface area contributed by atoms with Crippen LogP contribution in [-0.4, -0.2) is 11.5 Å². The van der Waals surface area contributed by atoms with Gasteiger partial charge in [0.2, 0.25) is 0 Å². The van der Waals surface area contributed by atoms with Crippen molar-refractivity contribution < 1.29 is 0 Å². The highest BCUT2D eigenvalue weighted by molar-refractivity contribution is 6.42. The lowest BCUT2D eigenvalue weighted by atomic mass is 9.99. The van der Waals surface area contributed by atoms with Crippen LogP contribution in [0.1, 0.15) is 36.9 Å². The summed E-state index contributed by atoms with van der Waals surface area (Å²) in [4.78, 5) is 4.05. The Morgan fingerprint density at radius 2 is 1.86 bits per heavy atom. The maximum atomic E-state index is 6.14. The monoisotopic (exact) mass is 322 g/mol. The zero-order valence-corrected chi connectivity index (χ0v) is 13.7. The number of pyridine rings is 1. The van der Waals surface area contributed by atoms with Gasteiger partial charge >= 0.3 is 0 Å². The SMILES string of the molecule is CCCNC(CCc1ccncc1)c1ccc(Cl)c(Cl)c1. The topological polar surface area (TPSA) is 24.9 Å². The van der Waals surface area contributed by atoms with Crippen LogP contribution in [-0.2, 0) is 6.42 Å². The molecule has 0 bridgehead atoms. The molecule has 0 fully saturated rings. The minimum atomic E-state index is 0.285. The van der Waals surface area contributed by atoms with Gasteiger partial charge in [0.1, 0.15) is 0 Å². The van der Waals surface area contributed by atoms with Crippen LogP contribution in [0.15, 0.2) is 42.7 Å². The minimum absolute atomic E-state index is 0.285. The summed E-state index contributed by atoms with van der Waals surface area (Å²) in [5.41, 5.74) is 2.49. The number of aryl methyl sites for hydroxylation is 1. The first-order chi connectivity index (χ1) is 10.2. The Balaban J connectivity index is 2.08. The van der Waals surface area contributed by atoms with E-state index in [0.717, 1.165) is 25.8 Å². The predicted molar refractivity (Wildman–Crippen MR) is 90.1 cm³/mol. The molecule has 1 aromatic carbocycles. The summed E-state index contributed by atoms with van der Waals surface area (Å²) >= 11 is 12.1. The van der Waals surface area contributed by atoms with Crippen molar-refractivity contribution in [2.45, 2.75) is 32.2 Å². The Labute approximate surface area is 136 Å². The van der Waals surface area contributed by atoms with Crippen molar-refractivity contribution >= 4 is 23.2 Å². The van der Waals surface area contributed by atoms with E-state index in [2.05, 4.69) is 29.4 Å². The molecule has 1 aromatic heterocycles. The molecule has 0 radical (unpaired) electrons. The van der Waals surface area contributed by atoms with Crippen molar-refractivity contribution in [3.05, 3.63) is 63.9 Å². The van der Waals surface area contributed by atoms with Crippen molar-refractivity contribution in [3.8, 4) is 0 Å². The molecule has 2 rings (SSSR count). The third-order valence-electron chi connectivity index (χ3n) is 3.46. The van der Waals surface area contributed by atoms with Gasteiger partial charge < -0.3 is 5.32 Å². The van der Waals surface area contributed by atoms with Crippen molar-refractivity contribution in [2.24, 2.45) is 0 Å². The molecule has 0 aliphatic rings. The predicted octanol–water partition coefficient (Wildman–Crippen LogP) is 5.06. The van der Waals surface area contributed by atoms with Gasteiger partial charge in [0.15, 0.2) is 0 Å². The Bertz CT molecular complexity index is 558. The minimum Gasteiger partial charge on any atom is -0.310 e. The van der Waals surface area contributed by atoms with Gasteiger partial charge in [-0.2, -0.15) is 0 Å². The van der Waals surface area contributed by atoms with E-state index in [1.165, 1.54) is 11.1 Å². The van der Waals surface area contributed by atoms with Gasteiger partial charge in [-0.25, -0.2) is 0 Å². The summed E-state index contributed by atoms with van der Waals surface area (Å²) < 4.78 is 0. The summed E-state index contributed by atoms with van der Waals surface area (Å²) in [5.74, 6) is 0. The molecule has 21 heavy (non-hydrogen) atoms. The largest absolute Gasteiger partial charge is 0.310 e. The number of nitrogens with one attached hydrogen (secondary N) is 1. The zero-order valence-electron chi connectivity index (χ0n) is 12.2. The number of hydrogen-bond donors (Lipinski definition) is 1. The Kier molecular flexibility index (Phi) is 6.50. The Hall–Kier alpha value is -1.09. The van der Waals surface area contributed by atoms with E-state index < -0.39 is 0 Å². The molecule has 1 N–H and O–H groups in total. The van der Waals surface area contributed by atoms with Crippen LogP contribution in [0.4, 0.5) is 0 Å². The number of hydrogen-bond acceptors (Lipinski definition) is 2. The van der Waals surface area contributed by atoms with Crippen molar-refractivity contribution in [1.82, 2.24) is 10.3 Å². The van der Waals surface area contributed by atoms with E-state index in [1.54, 1.807) is 0 Å². The van der Waals surface area contributed by atoms with Crippen molar-refractivity contribution in [2.75, 3.05) is 6.54 Å². The Morgan fingerprint density at radius 3 is 2.52 bits per heavy atom. The van der Waals surface area contributed by atoms with Gasteiger partial charge in [0.25, 0.3) is 0 Å². The van der Waals surface area contributed by atoms with Crippen molar-refractivity contribution in [1.29, 1.82) is 0 Å². The fourth-order valence-corrected chi connectivity index (χ4v) is 2.60. The van der Waals surface area contributed by atoms with Crippen LogP contribution in [0, 0.1) is 0 Å². The summed E-state index contributed by atoms with van der Waals surface area (Å²) in [6.07, 6.45) is 6.80. The summed E-state index contributed by atoms with van der Waals surface area (Å²) in [7, 11) is 0. The van der Waals surface area contributed by atoms with Gasteiger partial charge in [-0.3, -0.25) is 4.98 Å². The second-order valence-electron chi connectivity index (χ2n) is 5.07. The molecule has 0 saturated heterocycles. The van der Waals surface area contributed by atoms with Crippen LogP contribution in [0.3, 0.4) is 0 Å². The van der Waals surface area contributed by atoms with Gasteiger partial charge in [-0.05, 0) is 61.2 Å². The second kappa shape index (κ2) is 8.38. The van der Waals surface area contributed by atoms with Crippen LogP contribution in [0.25, 0.3) is 0 Å². The summed E-state index contributed by atoms with van der Waals surface area (Å²) in [6, 6.07) is 10.3. The molecular formula is C17H20Cl2N2. The van der Waals surface area contributed by atoms with Gasteiger partial charge in [-0.15, -0.1) is 0 Å². The quantitative estimate of drug-likeness (QED) is 0.770. The molecule has 4 heteroatoms. The average molecular weight is 323 g/mol. The van der Waals surface area contributed by atoms with Crippen LogP contribution in [0.2, 0.25) is 10.0 Å². The van der Waals surface area contributed by atoms with Crippen molar-refractivity contribution in [3.63, 3.8) is 0 Å². The number of nitrogens with zero attached hydrogens (tertiary/aromatic N) is 1. The molecule has 0 aliphatic carbocycles. The fraction of sp³-hybridized carbons (Fsp3) is 0.353. The molecular weight excluding hydrogens is 303 g/mol. The average Bonchev–Trinajstić information content (AvgIpc) is 2.51. The molecule has 1 unspecified atom stereocenters. The van der Waals surface area contributed by atoms with E-state index in [9.17, 15) is 0 Å². The maximum Gasteiger partial charge on any atom is 0.0595 e. The molecule has 2 aromatic rings. The van der Waals surface area contributed by atoms with E-state index >= 15 is 0 Å². The number of aromatic nitrogens is 1. The second-order valence-corrected chi connectivity index (χ2v) is 5.89. The maximum absolute atomic E-state index is 6.14. The number of benzene rings is 1. The zero-order chi connectivity index (χ0) is 15.1. The van der Waals surface area contributed by atoms with Crippen LogP contribution >= 0.6 is 23.2 Å². The molecule has 0 spiro atoms. The normalized spacial score (nSPS) is 12.3. The summed E-state index contributed by atoms with van der Waals surface area (Å²) in [5, 5.41) is 4.80. The van der Waals surface area contributed by atoms with Gasteiger partial charge in [-0.1, -0.05) is 36.2 Å². The molecule has 2 nitrogen and oxygen atoms in total. The number of halogens is 2. The van der Waals surface area contributed by atoms with E-state index in [1.807, 2.05) is 30.6 Å². The van der Waals surface area contributed by atoms with Gasteiger partial charge in [0, 0.05) is 18.4 Å². The van der Waals surface area contributed by atoms with E-state index in [-0.39, 0.29) is 6.04 Å². The molecule has 0 amide bonds. The first-order valence-electron chi connectivity index (χ1n) is 7.28. The Morgan fingerprint density at radius 1 is 1.10 bits per heavy atom. The first kappa shape index (κ1) is 16.3. The highest BCUT2D eigenvalue weighted by Crippen LogP contribution is 2.27. The smallest absolute Gasteiger partial charge is 0.0595 e.